The molecule has 2 rings (SSSR count). The van der Waals surface area contributed by atoms with E-state index in [9.17, 15) is 0 Å². The number of halogens is 1. The minimum Gasteiger partial charge on any atom is -1.00 e. The molecule has 0 unspecified atom stereocenters. The molecular formula is C17H24ClN2O-. The van der Waals surface area contributed by atoms with Gasteiger partial charge >= 0.3 is 0 Å². The van der Waals surface area contributed by atoms with E-state index >= 15 is 0 Å². The zero-order chi connectivity index (χ0) is 13.9. The van der Waals surface area contributed by atoms with Crippen molar-refractivity contribution in [3.8, 4) is 0 Å². The highest BCUT2D eigenvalue weighted by Gasteiger charge is 2.08. The van der Waals surface area contributed by atoms with Gasteiger partial charge in [-0.3, -0.25) is 0 Å². The van der Waals surface area contributed by atoms with Gasteiger partial charge in [-0.15, -0.1) is 0 Å². The van der Waals surface area contributed by atoms with Crippen molar-refractivity contribution in [3.63, 3.8) is 0 Å². The molecule has 1 aliphatic heterocycles. The second-order valence-electron chi connectivity index (χ2n) is 5.11. The lowest BCUT2D eigenvalue weighted by Crippen LogP contribution is -3.00. The second-order valence-corrected chi connectivity index (χ2v) is 5.11. The summed E-state index contributed by atoms with van der Waals surface area (Å²) in [6.45, 7) is 4.34. The molecule has 0 spiro atoms. The average Bonchev–Trinajstić information content (AvgIpc) is 2.52. The smallest absolute Gasteiger partial charge is 0.118 e. The number of rotatable bonds is 7. The molecule has 0 saturated carbocycles. The molecule has 0 radical (unpaired) electrons. The molecule has 0 N–H and O–H groups in total. The van der Waals surface area contributed by atoms with Crippen molar-refractivity contribution < 1.29 is 17.2 Å². The lowest BCUT2D eigenvalue weighted by Gasteiger charge is -2.25. The molecular weight excluding hydrogens is 284 g/mol. The molecule has 3 nitrogen and oxygen atoms in total. The van der Waals surface area contributed by atoms with Crippen LogP contribution in [0, 0.1) is 0 Å². The molecule has 0 bridgehead atoms. The highest BCUT2D eigenvalue weighted by atomic mass is 35.5. The van der Waals surface area contributed by atoms with Crippen molar-refractivity contribution in [2.24, 2.45) is 5.16 Å². The van der Waals surface area contributed by atoms with Crippen molar-refractivity contribution in [2.45, 2.75) is 25.7 Å². The number of oxime groups is 1. The molecule has 1 heterocycles. The summed E-state index contributed by atoms with van der Waals surface area (Å²) >= 11 is 0. The van der Waals surface area contributed by atoms with Crippen LogP contribution < -0.4 is 12.4 Å². The minimum absolute atomic E-state index is 0. The van der Waals surface area contributed by atoms with Gasteiger partial charge in [-0.2, -0.15) is 0 Å². The molecule has 1 fully saturated rings. The monoisotopic (exact) mass is 307 g/mol. The number of benzene rings is 1. The number of nitrogens with zero attached hydrogens (tertiary/aromatic N) is 2. The van der Waals surface area contributed by atoms with Crippen LogP contribution in [0.15, 0.2) is 41.6 Å². The van der Waals surface area contributed by atoms with Crippen LogP contribution in [0.5, 0.6) is 0 Å². The molecule has 1 saturated heterocycles. The maximum atomic E-state index is 5.25. The number of piperidine rings is 1. The Bertz CT molecular complexity index is 414. The third kappa shape index (κ3) is 7.88. The summed E-state index contributed by atoms with van der Waals surface area (Å²) in [5.41, 5.74) is 1.17. The first kappa shape index (κ1) is 17.7. The molecule has 1 aliphatic rings. The highest BCUT2D eigenvalue weighted by molar-refractivity contribution is 5.77. The first-order chi connectivity index (χ1) is 9.95. The predicted molar refractivity (Wildman–Crippen MR) is 84.8 cm³/mol. The molecule has 1 aromatic carbocycles. The van der Waals surface area contributed by atoms with Crippen LogP contribution in [0.1, 0.15) is 31.2 Å². The fourth-order valence-electron chi connectivity index (χ4n) is 2.38. The van der Waals surface area contributed by atoms with Gasteiger partial charge in [0.15, 0.2) is 0 Å². The lowest BCUT2D eigenvalue weighted by atomic mass is 10.1. The largest absolute Gasteiger partial charge is 1.00 e. The van der Waals surface area contributed by atoms with Gasteiger partial charge < -0.3 is 22.1 Å². The van der Waals surface area contributed by atoms with Crippen LogP contribution in [0.4, 0.5) is 0 Å². The molecule has 0 aliphatic carbocycles. The topological polar surface area (TPSA) is 24.8 Å². The Labute approximate surface area is 134 Å². The van der Waals surface area contributed by atoms with E-state index in [0.29, 0.717) is 6.61 Å². The van der Waals surface area contributed by atoms with Crippen molar-refractivity contribution in [3.05, 3.63) is 42.0 Å². The summed E-state index contributed by atoms with van der Waals surface area (Å²) in [6, 6.07) is 10.2. The van der Waals surface area contributed by atoms with E-state index in [4.69, 9.17) is 4.84 Å². The van der Waals surface area contributed by atoms with Crippen LogP contribution in [0.2, 0.25) is 0 Å². The average molecular weight is 308 g/mol. The fourth-order valence-corrected chi connectivity index (χ4v) is 2.38. The summed E-state index contributed by atoms with van der Waals surface area (Å²) in [5, 5.41) is 3.94. The van der Waals surface area contributed by atoms with Gasteiger partial charge in [-0.05, 0) is 44.0 Å². The summed E-state index contributed by atoms with van der Waals surface area (Å²) < 4.78 is 0. The number of allylic oxidation sites excluding steroid dienone is 1. The van der Waals surface area contributed by atoms with Gasteiger partial charge in [-0.25, -0.2) is 0 Å². The van der Waals surface area contributed by atoms with Crippen LogP contribution in [-0.2, 0) is 4.84 Å². The third-order valence-corrected chi connectivity index (χ3v) is 3.47. The summed E-state index contributed by atoms with van der Waals surface area (Å²) in [6.07, 6.45) is 10.8. The van der Waals surface area contributed by atoms with Gasteiger partial charge in [0.25, 0.3) is 0 Å². The number of hydrogen-bond donors (Lipinski definition) is 0. The molecule has 0 aromatic heterocycles. The zero-order valence-corrected chi connectivity index (χ0v) is 13.2. The molecule has 21 heavy (non-hydrogen) atoms. The van der Waals surface area contributed by atoms with E-state index in [-0.39, 0.29) is 12.4 Å². The van der Waals surface area contributed by atoms with Crippen molar-refractivity contribution in [1.29, 1.82) is 0 Å². The first-order valence-electron chi connectivity index (χ1n) is 7.54. The van der Waals surface area contributed by atoms with Crippen LogP contribution >= 0.6 is 0 Å². The van der Waals surface area contributed by atoms with Crippen LogP contribution in [-0.4, -0.2) is 37.4 Å². The zero-order valence-electron chi connectivity index (χ0n) is 12.5. The summed E-state index contributed by atoms with van der Waals surface area (Å²) in [7, 11) is 0. The molecule has 0 atom stereocenters. The fraction of sp³-hybridized carbons (Fsp3) is 0.471. The van der Waals surface area contributed by atoms with Gasteiger partial charge in [-0.1, -0.05) is 48.0 Å². The Morgan fingerprint density at radius 1 is 1.10 bits per heavy atom. The number of hydrogen-bond acceptors (Lipinski definition) is 3. The van der Waals surface area contributed by atoms with E-state index in [1.165, 1.54) is 37.9 Å². The maximum Gasteiger partial charge on any atom is 0.118 e. The van der Waals surface area contributed by atoms with E-state index in [0.717, 1.165) is 13.0 Å². The SMILES string of the molecule is C(=C\c1ccccc1)/C=N/OCCCN1CCCCC1.[Cl-]. The van der Waals surface area contributed by atoms with Crippen molar-refractivity contribution in [1.82, 2.24) is 4.90 Å². The molecule has 1 aromatic rings. The van der Waals surface area contributed by atoms with E-state index in [1.54, 1.807) is 6.21 Å². The Kier molecular flexibility index (Phi) is 9.58. The summed E-state index contributed by atoms with van der Waals surface area (Å²) in [4.78, 5) is 7.77. The predicted octanol–water partition coefficient (Wildman–Crippen LogP) is 0.582. The maximum absolute atomic E-state index is 5.25. The van der Waals surface area contributed by atoms with Gasteiger partial charge in [0.05, 0.1) is 6.21 Å². The lowest BCUT2D eigenvalue weighted by molar-refractivity contribution is -0.00000453. The minimum atomic E-state index is 0. The van der Waals surface area contributed by atoms with Crippen molar-refractivity contribution in [2.75, 3.05) is 26.2 Å². The van der Waals surface area contributed by atoms with Crippen LogP contribution in [0.3, 0.4) is 0 Å². The molecule has 116 valence electrons. The van der Waals surface area contributed by atoms with Gasteiger partial charge in [0.2, 0.25) is 0 Å². The Morgan fingerprint density at radius 2 is 1.86 bits per heavy atom. The van der Waals surface area contributed by atoms with Gasteiger partial charge in [0.1, 0.15) is 6.61 Å². The third-order valence-electron chi connectivity index (χ3n) is 3.47. The standard InChI is InChI=1S/C17H24N2O.ClH/c1-3-9-17(10-4-1)11-7-12-18-20-16-8-15-19-13-5-2-6-14-19;/h1,3-4,7,9-12H,2,5-6,8,13-16H2;1H/p-1/b11-7+,18-12+;. The molecule has 4 heteroatoms. The highest BCUT2D eigenvalue weighted by Crippen LogP contribution is 2.08. The molecule has 0 amide bonds. The normalized spacial score (nSPS) is 16.2. The van der Waals surface area contributed by atoms with Gasteiger partial charge in [0, 0.05) is 6.54 Å². The van der Waals surface area contributed by atoms with E-state index in [2.05, 4.69) is 22.2 Å². The van der Waals surface area contributed by atoms with E-state index < -0.39 is 0 Å². The Hall–Kier alpha value is -1.32. The first-order valence-corrected chi connectivity index (χ1v) is 7.54. The Morgan fingerprint density at radius 3 is 2.62 bits per heavy atom. The quantitative estimate of drug-likeness (QED) is 0.418. The number of likely N-dealkylation sites (tertiary alicyclic amines) is 1. The van der Waals surface area contributed by atoms with E-state index in [1.807, 2.05) is 30.4 Å². The summed E-state index contributed by atoms with van der Waals surface area (Å²) in [5.74, 6) is 0. The van der Waals surface area contributed by atoms with Crippen molar-refractivity contribution >= 4 is 12.3 Å². The second kappa shape index (κ2) is 11.4. The van der Waals surface area contributed by atoms with Crippen LogP contribution in [0.25, 0.3) is 6.08 Å². The Balaban J connectivity index is 0.00000220.